The fourth-order valence-electron chi connectivity index (χ4n) is 2.13. The van der Waals surface area contributed by atoms with Crippen LogP contribution in [0.5, 0.6) is 0 Å². The van der Waals surface area contributed by atoms with Crippen LogP contribution in [-0.4, -0.2) is 16.4 Å². The standard InChI is InChI=1S/C17H18F3N5S2/c1-3-13(22)7-14-15(23)27-16(24-25(14)2)26-9-10-4-5-12(17(18,19)20)6-11(10)8-21/h4-7H,3,9,22-23H2,1-2H3/b13-7-. The summed E-state index contributed by atoms with van der Waals surface area (Å²) in [6.45, 7) is 1.93. The van der Waals surface area contributed by atoms with Crippen LogP contribution in [0.15, 0.2) is 45.8 Å². The van der Waals surface area contributed by atoms with Crippen molar-refractivity contribution >= 4 is 27.9 Å². The molecule has 5 nitrogen and oxygen atoms in total. The summed E-state index contributed by atoms with van der Waals surface area (Å²) in [5, 5.41) is 15.7. The first-order valence-electron chi connectivity index (χ1n) is 7.84. The van der Waals surface area contributed by atoms with Crippen molar-refractivity contribution in [2.75, 3.05) is 7.05 Å². The average molecular weight is 413 g/mol. The Morgan fingerprint density at radius 1 is 1.44 bits per heavy atom. The molecule has 27 heavy (non-hydrogen) atoms. The molecule has 0 radical (unpaired) electrons. The van der Waals surface area contributed by atoms with E-state index in [4.69, 9.17) is 16.7 Å². The van der Waals surface area contributed by atoms with Gasteiger partial charge in [0.05, 0.1) is 27.9 Å². The predicted molar refractivity (Wildman–Crippen MR) is 104 cm³/mol. The van der Waals surface area contributed by atoms with Gasteiger partial charge in [0, 0.05) is 18.5 Å². The molecule has 1 aromatic rings. The minimum atomic E-state index is -4.48. The summed E-state index contributed by atoms with van der Waals surface area (Å²) in [5.41, 5.74) is 13.0. The SMILES string of the molecule is CC/C(N)=C/C1=C(N)SC(SCc2ccc(C(F)(F)F)cc2C#N)=NN1C. The number of alkyl halides is 3. The quantitative estimate of drug-likeness (QED) is 0.771. The second-order valence-corrected chi connectivity index (χ2v) is 7.84. The monoisotopic (exact) mass is 413 g/mol. The van der Waals surface area contributed by atoms with E-state index in [-0.39, 0.29) is 5.56 Å². The van der Waals surface area contributed by atoms with E-state index in [1.54, 1.807) is 18.1 Å². The van der Waals surface area contributed by atoms with Gasteiger partial charge in [-0.05, 0) is 42.0 Å². The maximum atomic E-state index is 12.8. The van der Waals surface area contributed by atoms with E-state index in [1.807, 2.05) is 13.0 Å². The highest BCUT2D eigenvalue weighted by atomic mass is 32.2. The molecule has 0 unspecified atom stereocenters. The number of rotatable bonds is 4. The Morgan fingerprint density at radius 3 is 2.70 bits per heavy atom. The third-order valence-electron chi connectivity index (χ3n) is 3.67. The second kappa shape index (κ2) is 8.63. The Morgan fingerprint density at radius 2 is 2.15 bits per heavy atom. The van der Waals surface area contributed by atoms with Crippen molar-refractivity contribution in [2.24, 2.45) is 16.6 Å². The van der Waals surface area contributed by atoms with Crippen molar-refractivity contribution in [3.63, 3.8) is 0 Å². The minimum Gasteiger partial charge on any atom is -0.402 e. The predicted octanol–water partition coefficient (Wildman–Crippen LogP) is 4.14. The van der Waals surface area contributed by atoms with Crippen molar-refractivity contribution in [2.45, 2.75) is 25.3 Å². The Hall–Kier alpha value is -2.25. The van der Waals surface area contributed by atoms with Gasteiger partial charge in [0.2, 0.25) is 0 Å². The lowest BCUT2D eigenvalue weighted by Crippen LogP contribution is -2.21. The highest BCUT2D eigenvalue weighted by molar-refractivity contribution is 8.40. The van der Waals surface area contributed by atoms with E-state index in [1.165, 1.54) is 29.6 Å². The van der Waals surface area contributed by atoms with Crippen LogP contribution in [0.1, 0.15) is 30.0 Å². The number of hydrogen-bond acceptors (Lipinski definition) is 7. The third-order valence-corrected chi connectivity index (χ3v) is 5.74. The molecule has 0 atom stereocenters. The fraction of sp³-hybridized carbons (Fsp3) is 0.294. The average Bonchev–Trinajstić information content (AvgIpc) is 2.61. The first kappa shape index (κ1) is 21.1. The van der Waals surface area contributed by atoms with E-state index < -0.39 is 11.7 Å². The number of hydrazone groups is 1. The van der Waals surface area contributed by atoms with Crippen molar-refractivity contribution in [3.8, 4) is 6.07 Å². The van der Waals surface area contributed by atoms with Gasteiger partial charge in [-0.15, -0.1) is 0 Å². The molecule has 0 aliphatic carbocycles. The van der Waals surface area contributed by atoms with Gasteiger partial charge in [0.15, 0.2) is 4.38 Å². The first-order chi connectivity index (χ1) is 12.7. The van der Waals surface area contributed by atoms with Crippen LogP contribution < -0.4 is 11.5 Å². The molecule has 0 amide bonds. The number of allylic oxidation sites excluding steroid dienone is 2. The lowest BCUT2D eigenvalue weighted by molar-refractivity contribution is -0.137. The second-order valence-electron chi connectivity index (χ2n) is 5.58. The molecule has 2 rings (SSSR count). The highest BCUT2D eigenvalue weighted by Gasteiger charge is 2.31. The van der Waals surface area contributed by atoms with Gasteiger partial charge in [-0.1, -0.05) is 24.8 Å². The number of nitrogens with two attached hydrogens (primary N) is 2. The van der Waals surface area contributed by atoms with E-state index >= 15 is 0 Å². The number of nitriles is 1. The van der Waals surface area contributed by atoms with Crippen molar-refractivity contribution in [3.05, 3.63) is 57.4 Å². The van der Waals surface area contributed by atoms with E-state index in [2.05, 4.69) is 5.10 Å². The summed E-state index contributed by atoms with van der Waals surface area (Å²) in [6.07, 6.45) is -2.03. The van der Waals surface area contributed by atoms with Crippen LogP contribution >= 0.6 is 23.5 Å². The van der Waals surface area contributed by atoms with Crippen LogP contribution in [0.4, 0.5) is 13.2 Å². The summed E-state index contributed by atoms with van der Waals surface area (Å²) in [7, 11) is 1.74. The number of hydrogen-bond donors (Lipinski definition) is 2. The topological polar surface area (TPSA) is 91.4 Å². The van der Waals surface area contributed by atoms with Gasteiger partial charge < -0.3 is 11.5 Å². The number of likely N-dealkylation sites (N-methyl/N-ethyl adjacent to an activating group) is 1. The van der Waals surface area contributed by atoms with Crippen LogP contribution in [0.3, 0.4) is 0 Å². The zero-order valence-corrected chi connectivity index (χ0v) is 16.3. The van der Waals surface area contributed by atoms with Gasteiger partial charge in [0.1, 0.15) is 0 Å². The molecule has 1 aromatic carbocycles. The lowest BCUT2D eigenvalue weighted by Gasteiger charge is -2.23. The molecular formula is C17H18F3N5S2. The van der Waals surface area contributed by atoms with Crippen LogP contribution in [-0.2, 0) is 11.9 Å². The van der Waals surface area contributed by atoms with Crippen molar-refractivity contribution in [1.82, 2.24) is 5.01 Å². The van der Waals surface area contributed by atoms with Crippen LogP contribution in [0.25, 0.3) is 0 Å². The maximum absolute atomic E-state index is 12.8. The molecule has 1 aliphatic rings. The third kappa shape index (κ3) is 5.37. The van der Waals surface area contributed by atoms with E-state index in [0.717, 1.165) is 12.1 Å². The summed E-state index contributed by atoms with van der Waals surface area (Å²) in [4.78, 5) is 0. The lowest BCUT2D eigenvalue weighted by atomic mass is 10.1. The number of nitrogens with zero attached hydrogens (tertiary/aromatic N) is 3. The molecule has 0 fully saturated rings. The zero-order chi connectivity index (χ0) is 20.2. The molecule has 4 N–H and O–H groups in total. The summed E-state index contributed by atoms with van der Waals surface area (Å²) in [5.74, 6) is 0.302. The largest absolute Gasteiger partial charge is 0.416 e. The fourth-order valence-corrected chi connectivity index (χ4v) is 4.17. The van der Waals surface area contributed by atoms with Crippen LogP contribution in [0.2, 0.25) is 0 Å². The summed E-state index contributed by atoms with van der Waals surface area (Å²) < 4.78 is 39.0. The van der Waals surface area contributed by atoms with Gasteiger partial charge in [-0.2, -0.15) is 23.5 Å². The molecule has 0 saturated heterocycles. The molecule has 1 heterocycles. The molecule has 10 heteroatoms. The Balaban J connectivity index is 2.13. The Labute approximate surface area is 164 Å². The molecule has 0 bridgehead atoms. The van der Waals surface area contributed by atoms with Gasteiger partial charge in [-0.25, -0.2) is 0 Å². The van der Waals surface area contributed by atoms with Gasteiger partial charge in [0.25, 0.3) is 0 Å². The summed E-state index contributed by atoms with van der Waals surface area (Å²) >= 11 is 2.56. The number of benzene rings is 1. The van der Waals surface area contributed by atoms with Crippen LogP contribution in [0, 0.1) is 11.3 Å². The van der Waals surface area contributed by atoms with E-state index in [9.17, 15) is 13.2 Å². The smallest absolute Gasteiger partial charge is 0.402 e. The first-order valence-corrected chi connectivity index (χ1v) is 9.65. The molecular weight excluding hydrogens is 395 g/mol. The maximum Gasteiger partial charge on any atom is 0.416 e. The summed E-state index contributed by atoms with van der Waals surface area (Å²) in [6, 6.07) is 4.98. The van der Waals surface area contributed by atoms with E-state index in [0.29, 0.717) is 38.5 Å². The van der Waals surface area contributed by atoms with Gasteiger partial charge >= 0.3 is 6.18 Å². The molecule has 0 aromatic heterocycles. The minimum absolute atomic E-state index is 0.00468. The molecule has 0 spiro atoms. The highest BCUT2D eigenvalue weighted by Crippen LogP contribution is 2.34. The number of halogens is 3. The van der Waals surface area contributed by atoms with Gasteiger partial charge in [-0.3, -0.25) is 5.01 Å². The molecule has 1 aliphatic heterocycles. The van der Waals surface area contributed by atoms with Crippen molar-refractivity contribution < 1.29 is 13.2 Å². The van der Waals surface area contributed by atoms with Crippen molar-refractivity contribution in [1.29, 1.82) is 5.26 Å². The molecule has 144 valence electrons. The normalized spacial score (nSPS) is 15.6. The Bertz CT molecular complexity index is 853. The zero-order valence-electron chi connectivity index (χ0n) is 14.7. The molecule has 0 saturated carbocycles. The Kier molecular flexibility index (Phi) is 6.73. The number of thioether (sulfide) groups is 2.